The van der Waals surface area contributed by atoms with Crippen LogP contribution >= 0.6 is 23.4 Å². The van der Waals surface area contributed by atoms with E-state index in [4.69, 9.17) is 17.3 Å². The van der Waals surface area contributed by atoms with Gasteiger partial charge in [0.1, 0.15) is 5.82 Å². The molecule has 2 rings (SSSR count). The molecule has 1 heterocycles. The Morgan fingerprint density at radius 2 is 2.32 bits per heavy atom. The van der Waals surface area contributed by atoms with Crippen molar-refractivity contribution in [1.82, 2.24) is 15.3 Å². The molecule has 0 saturated carbocycles. The van der Waals surface area contributed by atoms with Gasteiger partial charge in [-0.05, 0) is 30.4 Å². The summed E-state index contributed by atoms with van der Waals surface area (Å²) in [5.74, 6) is 0.188. The lowest BCUT2D eigenvalue weighted by Gasteiger charge is -2.10. The molecule has 0 unspecified atom stereocenters. The number of H-pyrrole nitrogens is 1. The number of nitrogen functional groups attached to an aromatic ring is 1. The summed E-state index contributed by atoms with van der Waals surface area (Å²) in [5.41, 5.74) is 6.31. The third-order valence-corrected chi connectivity index (χ3v) is 3.85. The Morgan fingerprint density at radius 3 is 3.00 bits per heavy atom. The normalized spacial score (nSPS) is 10.6. The Hall–Kier alpha value is -1.50. The molecular formula is C12H13ClN4OS. The van der Waals surface area contributed by atoms with Gasteiger partial charge >= 0.3 is 0 Å². The van der Waals surface area contributed by atoms with Crippen LogP contribution in [0.1, 0.15) is 5.56 Å². The average Bonchev–Trinajstić information content (AvgIpc) is 2.32. The van der Waals surface area contributed by atoms with Crippen LogP contribution in [0.3, 0.4) is 0 Å². The fraction of sp³-hybridized carbons (Fsp3) is 0.167. The van der Waals surface area contributed by atoms with Crippen LogP contribution in [0.5, 0.6) is 0 Å². The lowest BCUT2D eigenvalue weighted by Crippen LogP contribution is -2.10. The largest absolute Gasteiger partial charge is 0.383 e. The molecule has 0 spiro atoms. The monoisotopic (exact) mass is 296 g/mol. The number of hydrogen-bond acceptors (Lipinski definition) is 5. The maximum absolute atomic E-state index is 11.4. The highest BCUT2D eigenvalue weighted by Gasteiger charge is 2.10. The summed E-state index contributed by atoms with van der Waals surface area (Å²) in [6.45, 7) is 0.676. The fourth-order valence-electron chi connectivity index (χ4n) is 1.60. The van der Waals surface area contributed by atoms with Crippen molar-refractivity contribution >= 4 is 29.2 Å². The Kier molecular flexibility index (Phi) is 4.47. The SMILES string of the molecule is CNCc1cccc(Cl)c1Sc1nc(N)cc(=O)[nH]1. The van der Waals surface area contributed by atoms with Crippen LogP contribution in [-0.2, 0) is 6.54 Å². The van der Waals surface area contributed by atoms with Gasteiger partial charge < -0.3 is 16.0 Å². The third-order valence-electron chi connectivity index (χ3n) is 2.35. The predicted molar refractivity (Wildman–Crippen MR) is 77.6 cm³/mol. The maximum Gasteiger partial charge on any atom is 0.253 e. The number of anilines is 1. The summed E-state index contributed by atoms with van der Waals surface area (Å²) in [6, 6.07) is 6.89. The summed E-state index contributed by atoms with van der Waals surface area (Å²) in [6.07, 6.45) is 0. The van der Waals surface area contributed by atoms with Crippen LogP contribution in [0.25, 0.3) is 0 Å². The molecule has 5 nitrogen and oxygen atoms in total. The van der Waals surface area contributed by atoms with Crippen LogP contribution in [0.15, 0.2) is 39.1 Å². The van der Waals surface area contributed by atoms with Crippen LogP contribution in [0, 0.1) is 0 Å². The molecule has 7 heteroatoms. The molecule has 0 radical (unpaired) electrons. The van der Waals surface area contributed by atoms with Crippen molar-refractivity contribution in [2.24, 2.45) is 0 Å². The second-order valence-corrected chi connectivity index (χ2v) is 5.24. The van der Waals surface area contributed by atoms with Crippen LogP contribution < -0.4 is 16.6 Å². The number of nitrogens with one attached hydrogen (secondary N) is 2. The smallest absolute Gasteiger partial charge is 0.253 e. The molecule has 2 aromatic rings. The van der Waals surface area contributed by atoms with Gasteiger partial charge in [-0.3, -0.25) is 4.79 Å². The Labute approximate surface area is 119 Å². The number of benzene rings is 1. The number of nitrogens with zero attached hydrogens (tertiary/aromatic N) is 1. The summed E-state index contributed by atoms with van der Waals surface area (Å²) in [7, 11) is 1.86. The summed E-state index contributed by atoms with van der Waals surface area (Å²) < 4.78 is 0. The van der Waals surface area contributed by atoms with Crippen LogP contribution in [0.2, 0.25) is 5.02 Å². The zero-order valence-electron chi connectivity index (χ0n) is 10.2. The zero-order valence-corrected chi connectivity index (χ0v) is 11.8. The standard InChI is InChI=1S/C12H13ClN4OS/c1-15-6-7-3-2-4-8(13)11(7)19-12-16-9(14)5-10(18)17-12/h2-5,15H,6H2,1H3,(H3,14,16,17,18). The molecule has 0 aliphatic carbocycles. The maximum atomic E-state index is 11.4. The van der Waals surface area contributed by atoms with Gasteiger partial charge in [0.25, 0.3) is 5.56 Å². The minimum absolute atomic E-state index is 0.188. The first-order chi connectivity index (χ1) is 9.10. The summed E-state index contributed by atoms with van der Waals surface area (Å²) >= 11 is 7.49. The van der Waals surface area contributed by atoms with E-state index >= 15 is 0 Å². The molecule has 0 aliphatic rings. The van der Waals surface area contributed by atoms with Gasteiger partial charge in [-0.2, -0.15) is 0 Å². The highest BCUT2D eigenvalue weighted by molar-refractivity contribution is 7.99. The molecule has 1 aromatic carbocycles. The van der Waals surface area contributed by atoms with Crippen molar-refractivity contribution in [3.8, 4) is 0 Å². The molecule has 1 aromatic heterocycles. The average molecular weight is 297 g/mol. The first-order valence-electron chi connectivity index (χ1n) is 5.57. The first kappa shape index (κ1) is 13.9. The molecule has 0 atom stereocenters. The second kappa shape index (κ2) is 6.10. The van der Waals surface area contributed by atoms with E-state index in [1.807, 2.05) is 19.2 Å². The minimum Gasteiger partial charge on any atom is -0.383 e. The van der Waals surface area contributed by atoms with Crippen molar-refractivity contribution in [1.29, 1.82) is 0 Å². The van der Waals surface area contributed by atoms with Gasteiger partial charge in [0.2, 0.25) is 0 Å². The molecule has 0 aliphatic heterocycles. The number of hydrogen-bond donors (Lipinski definition) is 3. The van der Waals surface area contributed by atoms with Gasteiger partial charge in [0, 0.05) is 17.5 Å². The van der Waals surface area contributed by atoms with E-state index in [0.717, 1.165) is 10.5 Å². The van der Waals surface area contributed by atoms with Gasteiger partial charge in [-0.1, -0.05) is 23.7 Å². The topological polar surface area (TPSA) is 83.8 Å². The molecule has 0 saturated heterocycles. The van der Waals surface area contributed by atoms with E-state index in [9.17, 15) is 4.79 Å². The van der Waals surface area contributed by atoms with E-state index in [2.05, 4.69) is 15.3 Å². The number of aromatic nitrogens is 2. The van der Waals surface area contributed by atoms with Gasteiger partial charge in [-0.25, -0.2) is 4.98 Å². The quantitative estimate of drug-likeness (QED) is 0.750. The van der Waals surface area contributed by atoms with E-state index in [-0.39, 0.29) is 11.4 Å². The number of halogens is 1. The number of aromatic amines is 1. The molecule has 0 bridgehead atoms. The predicted octanol–water partition coefficient (Wildman–Crippen LogP) is 1.88. The van der Waals surface area contributed by atoms with E-state index < -0.39 is 0 Å². The van der Waals surface area contributed by atoms with Gasteiger partial charge in [0.15, 0.2) is 5.16 Å². The molecule has 19 heavy (non-hydrogen) atoms. The van der Waals surface area contributed by atoms with Gasteiger partial charge in [0.05, 0.1) is 5.02 Å². The molecule has 4 N–H and O–H groups in total. The Morgan fingerprint density at radius 1 is 1.53 bits per heavy atom. The minimum atomic E-state index is -0.280. The second-order valence-electron chi connectivity index (χ2n) is 3.84. The van der Waals surface area contributed by atoms with Gasteiger partial charge in [-0.15, -0.1) is 0 Å². The Bertz CT molecular complexity index is 644. The number of rotatable bonds is 4. The van der Waals surface area contributed by atoms with E-state index in [1.54, 1.807) is 6.07 Å². The highest BCUT2D eigenvalue weighted by atomic mass is 35.5. The lowest BCUT2D eigenvalue weighted by atomic mass is 10.2. The number of nitrogens with two attached hydrogens (primary N) is 1. The summed E-state index contributed by atoms with van der Waals surface area (Å²) in [5, 5.41) is 4.11. The van der Waals surface area contributed by atoms with Crippen molar-refractivity contribution < 1.29 is 0 Å². The van der Waals surface area contributed by atoms with E-state index in [1.165, 1.54) is 17.8 Å². The molecule has 100 valence electrons. The van der Waals surface area contributed by atoms with Crippen molar-refractivity contribution in [2.75, 3.05) is 12.8 Å². The molecule has 0 fully saturated rings. The zero-order chi connectivity index (χ0) is 13.8. The third kappa shape index (κ3) is 3.50. The van der Waals surface area contributed by atoms with Crippen LogP contribution in [0.4, 0.5) is 5.82 Å². The Balaban J connectivity index is 2.39. The first-order valence-corrected chi connectivity index (χ1v) is 6.76. The lowest BCUT2D eigenvalue weighted by molar-refractivity contribution is 0.802. The van der Waals surface area contributed by atoms with Crippen LogP contribution in [-0.4, -0.2) is 17.0 Å². The van der Waals surface area contributed by atoms with Crippen molar-refractivity contribution in [3.63, 3.8) is 0 Å². The molecular weight excluding hydrogens is 284 g/mol. The van der Waals surface area contributed by atoms with Crippen molar-refractivity contribution in [2.45, 2.75) is 16.6 Å². The molecule has 0 amide bonds. The van der Waals surface area contributed by atoms with Crippen molar-refractivity contribution in [3.05, 3.63) is 45.2 Å². The van der Waals surface area contributed by atoms with E-state index in [0.29, 0.717) is 16.7 Å². The summed E-state index contributed by atoms with van der Waals surface area (Å²) in [4.78, 5) is 18.9. The fourth-order valence-corrected chi connectivity index (χ4v) is 2.84. The highest BCUT2D eigenvalue weighted by Crippen LogP contribution is 2.34.